The fourth-order valence-electron chi connectivity index (χ4n) is 2.79. The summed E-state index contributed by atoms with van der Waals surface area (Å²) in [6.07, 6.45) is 5.32. The number of carbonyl (C=O) groups excluding carboxylic acids is 1. The van der Waals surface area contributed by atoms with Crippen molar-refractivity contribution in [3.63, 3.8) is 0 Å². The van der Waals surface area contributed by atoms with Crippen LogP contribution in [0.2, 0.25) is 0 Å². The predicted molar refractivity (Wildman–Crippen MR) is 86.5 cm³/mol. The van der Waals surface area contributed by atoms with Crippen LogP contribution >= 0.6 is 0 Å². The van der Waals surface area contributed by atoms with Gasteiger partial charge in [0.2, 0.25) is 5.91 Å². The number of hydrogen-bond acceptors (Lipinski definition) is 3. The molecule has 1 amide bonds. The van der Waals surface area contributed by atoms with Crippen molar-refractivity contribution in [3.8, 4) is 0 Å². The van der Waals surface area contributed by atoms with Gasteiger partial charge in [-0.25, -0.2) is 4.98 Å². The third kappa shape index (κ3) is 3.04. The number of rotatable bonds is 5. The Morgan fingerprint density at radius 2 is 2.09 bits per heavy atom. The van der Waals surface area contributed by atoms with E-state index in [1.165, 1.54) is 5.56 Å². The Morgan fingerprint density at radius 1 is 1.32 bits per heavy atom. The van der Waals surface area contributed by atoms with E-state index in [0.717, 1.165) is 30.9 Å². The summed E-state index contributed by atoms with van der Waals surface area (Å²) in [5.41, 5.74) is 3.38. The molecule has 1 saturated heterocycles. The molecule has 0 bridgehead atoms. The van der Waals surface area contributed by atoms with Gasteiger partial charge in [-0.15, -0.1) is 0 Å². The van der Waals surface area contributed by atoms with Crippen LogP contribution < -0.4 is 10.2 Å². The van der Waals surface area contributed by atoms with Crippen molar-refractivity contribution in [1.82, 2.24) is 14.9 Å². The summed E-state index contributed by atoms with van der Waals surface area (Å²) in [4.78, 5) is 17.8. The second-order valence-corrected chi connectivity index (χ2v) is 5.84. The average Bonchev–Trinajstić information content (AvgIpc) is 3.13. The van der Waals surface area contributed by atoms with E-state index in [0.29, 0.717) is 6.42 Å². The summed E-state index contributed by atoms with van der Waals surface area (Å²) in [5, 5.41) is 3.50. The highest BCUT2D eigenvalue weighted by atomic mass is 16.2. The fourth-order valence-corrected chi connectivity index (χ4v) is 2.79. The average molecular weight is 298 g/mol. The zero-order valence-corrected chi connectivity index (χ0v) is 13.1. The third-order valence-electron chi connectivity index (χ3n) is 4.28. The van der Waals surface area contributed by atoms with Crippen molar-refractivity contribution >= 4 is 11.6 Å². The SMILES string of the molecule is C[C@H](NCc1cncn1C)c1ccc(N2CCCC2=O)cc1. The number of nitrogens with one attached hydrogen (secondary N) is 1. The van der Waals surface area contributed by atoms with Gasteiger partial charge in [0, 0.05) is 44.5 Å². The summed E-state index contributed by atoms with van der Waals surface area (Å²) in [5.74, 6) is 0.232. The highest BCUT2D eigenvalue weighted by Gasteiger charge is 2.21. The molecule has 0 radical (unpaired) electrons. The zero-order valence-electron chi connectivity index (χ0n) is 13.1. The van der Waals surface area contributed by atoms with Crippen molar-refractivity contribution in [1.29, 1.82) is 0 Å². The molecule has 1 aromatic carbocycles. The first-order valence-corrected chi connectivity index (χ1v) is 7.74. The van der Waals surface area contributed by atoms with Gasteiger partial charge in [0.25, 0.3) is 0 Å². The summed E-state index contributed by atoms with van der Waals surface area (Å²) in [6.45, 7) is 3.77. The molecular formula is C17H22N4O. The standard InChI is InChI=1S/C17H22N4O/c1-13(19-11-16-10-18-12-20(16)2)14-5-7-15(8-6-14)21-9-3-4-17(21)22/h5-8,10,12-13,19H,3-4,9,11H2,1-2H3/t13-/m0/s1. The topological polar surface area (TPSA) is 50.2 Å². The molecule has 1 aromatic heterocycles. The van der Waals surface area contributed by atoms with Gasteiger partial charge in [-0.2, -0.15) is 0 Å². The molecule has 1 atom stereocenters. The van der Waals surface area contributed by atoms with Crippen LogP contribution in [0.3, 0.4) is 0 Å². The minimum absolute atomic E-state index is 0.232. The van der Waals surface area contributed by atoms with Gasteiger partial charge in [-0.3, -0.25) is 4.79 Å². The van der Waals surface area contributed by atoms with Gasteiger partial charge in [0.15, 0.2) is 0 Å². The lowest BCUT2D eigenvalue weighted by atomic mass is 10.1. The minimum atomic E-state index is 0.232. The van der Waals surface area contributed by atoms with Crippen LogP contribution in [0.1, 0.15) is 37.1 Å². The Balaban J connectivity index is 1.62. The number of carbonyl (C=O) groups is 1. The second-order valence-electron chi connectivity index (χ2n) is 5.84. The van der Waals surface area contributed by atoms with Crippen LogP contribution in [-0.4, -0.2) is 22.0 Å². The molecule has 1 N–H and O–H groups in total. The summed E-state index contributed by atoms with van der Waals surface area (Å²) < 4.78 is 2.02. The number of nitrogens with zero attached hydrogens (tertiary/aromatic N) is 3. The Morgan fingerprint density at radius 3 is 2.68 bits per heavy atom. The van der Waals surface area contributed by atoms with Gasteiger partial charge in [-0.1, -0.05) is 12.1 Å². The molecular weight excluding hydrogens is 276 g/mol. The minimum Gasteiger partial charge on any atom is -0.337 e. The number of hydrogen-bond donors (Lipinski definition) is 1. The molecule has 5 heteroatoms. The maximum Gasteiger partial charge on any atom is 0.227 e. The molecule has 3 rings (SSSR count). The molecule has 0 saturated carbocycles. The number of amides is 1. The number of aryl methyl sites for hydroxylation is 1. The normalized spacial score (nSPS) is 16.3. The third-order valence-corrected chi connectivity index (χ3v) is 4.28. The Hall–Kier alpha value is -2.14. The first-order chi connectivity index (χ1) is 10.6. The van der Waals surface area contributed by atoms with Gasteiger partial charge < -0.3 is 14.8 Å². The van der Waals surface area contributed by atoms with Crippen molar-refractivity contribution in [3.05, 3.63) is 48.0 Å². The first kappa shape index (κ1) is 14.8. The molecule has 0 spiro atoms. The van der Waals surface area contributed by atoms with Crippen molar-refractivity contribution < 1.29 is 4.79 Å². The van der Waals surface area contributed by atoms with E-state index >= 15 is 0 Å². The maximum atomic E-state index is 11.8. The molecule has 22 heavy (non-hydrogen) atoms. The van der Waals surface area contributed by atoms with Crippen LogP contribution in [-0.2, 0) is 18.4 Å². The van der Waals surface area contributed by atoms with Gasteiger partial charge >= 0.3 is 0 Å². The van der Waals surface area contributed by atoms with Crippen LogP contribution in [0.5, 0.6) is 0 Å². The van der Waals surface area contributed by atoms with E-state index in [-0.39, 0.29) is 11.9 Å². The molecule has 2 heterocycles. The fraction of sp³-hybridized carbons (Fsp3) is 0.412. The molecule has 116 valence electrons. The highest BCUT2D eigenvalue weighted by molar-refractivity contribution is 5.95. The molecule has 1 aliphatic heterocycles. The zero-order chi connectivity index (χ0) is 15.5. The quantitative estimate of drug-likeness (QED) is 0.922. The van der Waals surface area contributed by atoms with Crippen molar-refractivity contribution in [2.24, 2.45) is 7.05 Å². The van der Waals surface area contributed by atoms with E-state index in [2.05, 4.69) is 29.4 Å². The summed E-state index contributed by atoms with van der Waals surface area (Å²) in [6, 6.07) is 8.53. The van der Waals surface area contributed by atoms with Crippen molar-refractivity contribution in [2.45, 2.75) is 32.4 Å². The molecule has 1 fully saturated rings. The first-order valence-electron chi connectivity index (χ1n) is 7.74. The van der Waals surface area contributed by atoms with Gasteiger partial charge in [-0.05, 0) is 31.0 Å². The Kier molecular flexibility index (Phi) is 4.24. The largest absolute Gasteiger partial charge is 0.337 e. The van der Waals surface area contributed by atoms with Crippen LogP contribution in [0.25, 0.3) is 0 Å². The molecule has 1 aliphatic rings. The number of imidazole rings is 1. The van der Waals surface area contributed by atoms with Crippen LogP contribution in [0.15, 0.2) is 36.8 Å². The van der Waals surface area contributed by atoms with Gasteiger partial charge in [0.1, 0.15) is 0 Å². The van der Waals surface area contributed by atoms with E-state index in [4.69, 9.17) is 0 Å². The maximum absolute atomic E-state index is 11.8. The van der Waals surface area contributed by atoms with Crippen LogP contribution in [0, 0.1) is 0 Å². The monoisotopic (exact) mass is 298 g/mol. The lowest BCUT2D eigenvalue weighted by Crippen LogP contribution is -2.24. The molecule has 5 nitrogen and oxygen atoms in total. The second kappa shape index (κ2) is 6.32. The number of aromatic nitrogens is 2. The van der Waals surface area contributed by atoms with E-state index in [1.54, 1.807) is 0 Å². The molecule has 2 aromatic rings. The Bertz CT molecular complexity index is 647. The number of anilines is 1. The smallest absolute Gasteiger partial charge is 0.227 e. The lowest BCUT2D eigenvalue weighted by Gasteiger charge is -2.18. The van der Waals surface area contributed by atoms with Crippen molar-refractivity contribution in [2.75, 3.05) is 11.4 Å². The van der Waals surface area contributed by atoms with Gasteiger partial charge in [0.05, 0.1) is 12.0 Å². The van der Waals surface area contributed by atoms with E-state index in [9.17, 15) is 4.79 Å². The Labute approximate surface area is 131 Å². The predicted octanol–water partition coefficient (Wildman–Crippen LogP) is 2.40. The number of benzene rings is 1. The lowest BCUT2D eigenvalue weighted by molar-refractivity contribution is -0.117. The van der Waals surface area contributed by atoms with E-state index in [1.807, 2.05) is 41.2 Å². The highest BCUT2D eigenvalue weighted by Crippen LogP contribution is 2.23. The van der Waals surface area contributed by atoms with E-state index < -0.39 is 0 Å². The summed E-state index contributed by atoms with van der Waals surface area (Å²) in [7, 11) is 2.00. The summed E-state index contributed by atoms with van der Waals surface area (Å²) >= 11 is 0. The van der Waals surface area contributed by atoms with Crippen LogP contribution in [0.4, 0.5) is 5.69 Å². The molecule has 0 unspecified atom stereocenters. The molecule has 0 aliphatic carbocycles.